The lowest BCUT2D eigenvalue weighted by Crippen LogP contribution is -2.27. The topological polar surface area (TPSA) is 75.6 Å². The third-order valence-electron chi connectivity index (χ3n) is 3.24. The number of benzene rings is 1. The molecule has 1 aromatic rings. The zero-order chi connectivity index (χ0) is 14.0. The first-order valence-electron chi connectivity index (χ1n) is 6.24. The molecule has 1 heterocycles. The van der Waals surface area contributed by atoms with Crippen LogP contribution in [0.25, 0.3) is 0 Å². The molecule has 5 heteroatoms. The van der Waals surface area contributed by atoms with Crippen LogP contribution in [0.5, 0.6) is 5.75 Å². The van der Waals surface area contributed by atoms with Crippen molar-refractivity contribution in [3.05, 3.63) is 23.8 Å². The van der Waals surface area contributed by atoms with Crippen LogP contribution in [0.15, 0.2) is 18.2 Å². The zero-order valence-electron chi connectivity index (χ0n) is 11.0. The maximum atomic E-state index is 12.3. The minimum atomic E-state index is -0.432. The molecule has 19 heavy (non-hydrogen) atoms. The lowest BCUT2D eigenvalue weighted by Gasteiger charge is -2.20. The van der Waals surface area contributed by atoms with E-state index < -0.39 is 5.92 Å². The first kappa shape index (κ1) is 13.5. The van der Waals surface area contributed by atoms with Crippen molar-refractivity contribution in [1.29, 1.82) is 0 Å². The highest BCUT2D eigenvalue weighted by atomic mass is 16.5. The number of amides is 1. The smallest absolute Gasteiger partial charge is 0.262 e. The Bertz CT molecular complexity index is 510. The fourth-order valence-corrected chi connectivity index (χ4v) is 2.05. The summed E-state index contributed by atoms with van der Waals surface area (Å²) in [6, 6.07) is 4.92. The molecule has 1 amide bonds. The van der Waals surface area contributed by atoms with Crippen molar-refractivity contribution < 1.29 is 19.4 Å². The van der Waals surface area contributed by atoms with Gasteiger partial charge in [-0.1, -0.05) is 13.8 Å². The number of hydrogen-bond acceptors (Lipinski definition) is 4. The number of hydrogen-bond donors (Lipinski definition) is 2. The highest BCUT2D eigenvalue weighted by Crippen LogP contribution is 2.30. The van der Waals surface area contributed by atoms with Gasteiger partial charge in [0.25, 0.3) is 5.91 Å². The van der Waals surface area contributed by atoms with Gasteiger partial charge in [0.2, 0.25) is 0 Å². The molecule has 0 fully saturated rings. The summed E-state index contributed by atoms with van der Waals surface area (Å²) in [6.07, 6.45) is 0. The highest BCUT2D eigenvalue weighted by molar-refractivity contribution is 6.01. The van der Waals surface area contributed by atoms with E-state index in [1.807, 2.05) is 13.8 Å². The Morgan fingerprint density at radius 2 is 2.21 bits per heavy atom. The maximum absolute atomic E-state index is 12.3. The molecular weight excluding hydrogens is 246 g/mol. The quantitative estimate of drug-likeness (QED) is 0.806. The molecule has 1 atom stereocenters. The van der Waals surface area contributed by atoms with Crippen LogP contribution >= 0.6 is 0 Å². The van der Waals surface area contributed by atoms with Gasteiger partial charge in [0, 0.05) is 11.5 Å². The molecular formula is C14H17NO4. The largest absolute Gasteiger partial charge is 0.482 e. The summed E-state index contributed by atoms with van der Waals surface area (Å²) in [6.45, 7) is 3.59. The second-order valence-corrected chi connectivity index (χ2v) is 4.95. The van der Waals surface area contributed by atoms with E-state index >= 15 is 0 Å². The summed E-state index contributed by atoms with van der Waals surface area (Å²) in [5.74, 6) is -0.182. The van der Waals surface area contributed by atoms with E-state index in [-0.39, 0.29) is 30.8 Å². The molecule has 1 unspecified atom stereocenters. The van der Waals surface area contributed by atoms with Crippen molar-refractivity contribution >= 4 is 17.4 Å². The van der Waals surface area contributed by atoms with E-state index in [9.17, 15) is 14.7 Å². The summed E-state index contributed by atoms with van der Waals surface area (Å²) in [7, 11) is 0. The Morgan fingerprint density at radius 3 is 2.84 bits per heavy atom. The molecule has 1 aromatic carbocycles. The van der Waals surface area contributed by atoms with Gasteiger partial charge in [-0.05, 0) is 24.1 Å². The van der Waals surface area contributed by atoms with Gasteiger partial charge >= 0.3 is 0 Å². The van der Waals surface area contributed by atoms with Crippen molar-refractivity contribution in [2.24, 2.45) is 11.8 Å². The van der Waals surface area contributed by atoms with Crippen molar-refractivity contribution in [3.8, 4) is 5.75 Å². The molecule has 0 bridgehead atoms. The molecule has 2 rings (SSSR count). The van der Waals surface area contributed by atoms with Gasteiger partial charge in [-0.15, -0.1) is 0 Å². The number of rotatable bonds is 4. The summed E-state index contributed by atoms with van der Waals surface area (Å²) < 4.78 is 5.23. The molecule has 0 aromatic heterocycles. The second kappa shape index (κ2) is 5.40. The zero-order valence-corrected chi connectivity index (χ0v) is 11.0. The number of nitrogens with one attached hydrogen (secondary N) is 1. The Kier molecular flexibility index (Phi) is 3.85. The van der Waals surface area contributed by atoms with Crippen LogP contribution in [0.2, 0.25) is 0 Å². The summed E-state index contributed by atoms with van der Waals surface area (Å²) in [4.78, 5) is 23.5. The van der Waals surface area contributed by atoms with Gasteiger partial charge in [0.05, 0.1) is 12.3 Å². The van der Waals surface area contributed by atoms with E-state index in [2.05, 4.69) is 5.32 Å². The average Bonchev–Trinajstić information content (AvgIpc) is 2.38. The van der Waals surface area contributed by atoms with E-state index in [1.54, 1.807) is 18.2 Å². The van der Waals surface area contributed by atoms with E-state index in [0.717, 1.165) is 0 Å². The molecule has 102 valence electrons. The number of Topliss-reactive ketones (excluding diaryl/α,β-unsaturated/α-hetero) is 1. The summed E-state index contributed by atoms with van der Waals surface area (Å²) in [5.41, 5.74) is 0.972. The monoisotopic (exact) mass is 263 g/mol. The van der Waals surface area contributed by atoms with E-state index in [1.165, 1.54) is 0 Å². The van der Waals surface area contributed by atoms with E-state index in [4.69, 9.17) is 4.74 Å². The third kappa shape index (κ3) is 2.76. The molecule has 5 nitrogen and oxygen atoms in total. The van der Waals surface area contributed by atoms with Crippen molar-refractivity contribution in [2.45, 2.75) is 13.8 Å². The Labute approximate surface area is 111 Å². The van der Waals surface area contributed by atoms with Crippen LogP contribution in [-0.2, 0) is 4.79 Å². The fourth-order valence-electron chi connectivity index (χ4n) is 2.05. The number of carbonyl (C=O) groups is 2. The lowest BCUT2D eigenvalue weighted by molar-refractivity contribution is -0.118. The van der Waals surface area contributed by atoms with Crippen LogP contribution in [-0.4, -0.2) is 30.0 Å². The molecule has 0 saturated carbocycles. The van der Waals surface area contributed by atoms with Gasteiger partial charge in [-0.3, -0.25) is 9.59 Å². The number of aliphatic hydroxyl groups is 1. The molecule has 0 radical (unpaired) electrons. The molecule has 2 N–H and O–H groups in total. The summed E-state index contributed by atoms with van der Waals surface area (Å²) in [5, 5.41) is 12.0. The summed E-state index contributed by atoms with van der Waals surface area (Å²) >= 11 is 0. The van der Waals surface area contributed by atoms with Crippen LogP contribution < -0.4 is 10.1 Å². The molecule has 0 saturated heterocycles. The highest BCUT2D eigenvalue weighted by Gasteiger charge is 2.24. The predicted octanol–water partition coefficient (Wildman–Crippen LogP) is 1.46. The van der Waals surface area contributed by atoms with Crippen LogP contribution in [0.1, 0.15) is 24.2 Å². The number of anilines is 1. The Morgan fingerprint density at radius 1 is 1.47 bits per heavy atom. The van der Waals surface area contributed by atoms with Gasteiger partial charge < -0.3 is 15.2 Å². The normalized spacial score (nSPS) is 15.5. The van der Waals surface area contributed by atoms with Crippen LogP contribution in [0, 0.1) is 11.8 Å². The molecule has 1 aliphatic heterocycles. The van der Waals surface area contributed by atoms with Crippen LogP contribution in [0.3, 0.4) is 0 Å². The minimum absolute atomic E-state index is 0.00838. The van der Waals surface area contributed by atoms with Gasteiger partial charge in [0.1, 0.15) is 5.75 Å². The predicted molar refractivity (Wildman–Crippen MR) is 70.3 cm³/mol. The average molecular weight is 263 g/mol. The fraction of sp³-hybridized carbons (Fsp3) is 0.429. The maximum Gasteiger partial charge on any atom is 0.262 e. The second-order valence-electron chi connectivity index (χ2n) is 4.95. The number of ketones is 1. The van der Waals surface area contributed by atoms with Gasteiger partial charge in [-0.25, -0.2) is 0 Å². The first-order valence-corrected chi connectivity index (χ1v) is 6.24. The Hall–Kier alpha value is -1.88. The lowest BCUT2D eigenvalue weighted by atomic mass is 9.88. The SMILES string of the molecule is CC(C)C(CO)C(=O)c1ccc2c(c1)NC(=O)CO2. The van der Waals surface area contributed by atoms with Gasteiger partial charge in [0.15, 0.2) is 12.4 Å². The van der Waals surface area contributed by atoms with Crippen molar-refractivity contribution in [3.63, 3.8) is 0 Å². The first-order chi connectivity index (χ1) is 9.02. The third-order valence-corrected chi connectivity index (χ3v) is 3.24. The molecule has 1 aliphatic rings. The number of aliphatic hydroxyl groups excluding tert-OH is 1. The minimum Gasteiger partial charge on any atom is -0.482 e. The standard InChI is InChI=1S/C14H17NO4/c1-8(2)10(6-16)14(18)9-3-4-12-11(5-9)15-13(17)7-19-12/h3-5,8,10,16H,6-7H2,1-2H3,(H,15,17). The molecule has 0 aliphatic carbocycles. The van der Waals surface area contributed by atoms with Crippen molar-refractivity contribution in [1.82, 2.24) is 0 Å². The number of fused-ring (bicyclic) bond motifs is 1. The Balaban J connectivity index is 2.29. The van der Waals surface area contributed by atoms with Crippen LogP contribution in [0.4, 0.5) is 5.69 Å². The van der Waals surface area contributed by atoms with Crippen molar-refractivity contribution in [2.75, 3.05) is 18.5 Å². The number of carbonyl (C=O) groups excluding carboxylic acids is 2. The number of ether oxygens (including phenoxy) is 1. The van der Waals surface area contributed by atoms with Gasteiger partial charge in [-0.2, -0.15) is 0 Å². The van der Waals surface area contributed by atoms with E-state index in [0.29, 0.717) is 17.0 Å². The molecule has 0 spiro atoms.